The summed E-state index contributed by atoms with van der Waals surface area (Å²) in [7, 11) is 0. The van der Waals surface area contributed by atoms with Gasteiger partial charge in [-0.15, -0.1) is 0 Å². The SMILES string of the molecule is C=O.c1ccc2cnccc2c1. The average molecular weight is 159 g/mol. The lowest BCUT2D eigenvalue weighted by atomic mass is 10.2. The first-order valence-corrected chi connectivity index (χ1v) is 3.54. The van der Waals surface area contributed by atoms with E-state index in [2.05, 4.69) is 17.1 Å². The van der Waals surface area contributed by atoms with E-state index in [0.717, 1.165) is 0 Å². The molecule has 0 aliphatic heterocycles. The molecule has 0 saturated heterocycles. The zero-order chi connectivity index (χ0) is 8.81. The zero-order valence-electron chi connectivity index (χ0n) is 6.60. The third kappa shape index (κ3) is 1.66. The van der Waals surface area contributed by atoms with Crippen LogP contribution in [0.15, 0.2) is 42.7 Å². The van der Waals surface area contributed by atoms with Crippen LogP contribution in [0, 0.1) is 0 Å². The van der Waals surface area contributed by atoms with Gasteiger partial charge in [-0.05, 0) is 16.8 Å². The number of fused-ring (bicyclic) bond motifs is 1. The standard InChI is InChI=1S/C9H7N.CH2O/c1-2-4-9-7-10-6-5-8(9)3-1;1-2/h1-7H;1H2. The van der Waals surface area contributed by atoms with Crippen molar-refractivity contribution in [1.82, 2.24) is 4.98 Å². The highest BCUT2D eigenvalue weighted by atomic mass is 16.1. The Labute approximate surface area is 70.9 Å². The minimum atomic E-state index is 1.20. The molecule has 12 heavy (non-hydrogen) atoms. The Morgan fingerprint density at radius 3 is 2.33 bits per heavy atom. The van der Waals surface area contributed by atoms with E-state index in [1.807, 2.05) is 37.4 Å². The second-order valence-corrected chi connectivity index (χ2v) is 2.22. The van der Waals surface area contributed by atoms with Crippen LogP contribution in [0.3, 0.4) is 0 Å². The van der Waals surface area contributed by atoms with Crippen molar-refractivity contribution in [2.45, 2.75) is 0 Å². The highest BCUT2D eigenvalue weighted by molar-refractivity contribution is 5.80. The Kier molecular flexibility index (Phi) is 2.96. The molecule has 0 bridgehead atoms. The molecule has 0 aliphatic rings. The van der Waals surface area contributed by atoms with Gasteiger partial charge in [0.05, 0.1) is 0 Å². The first kappa shape index (κ1) is 8.40. The van der Waals surface area contributed by atoms with Crippen molar-refractivity contribution in [3.8, 4) is 0 Å². The van der Waals surface area contributed by atoms with Crippen molar-refractivity contribution >= 4 is 17.6 Å². The third-order valence-electron chi connectivity index (χ3n) is 1.55. The van der Waals surface area contributed by atoms with E-state index in [9.17, 15) is 0 Å². The molecule has 0 atom stereocenters. The van der Waals surface area contributed by atoms with Crippen LogP contribution in [0.1, 0.15) is 0 Å². The maximum Gasteiger partial charge on any atom is 0.106 e. The minimum absolute atomic E-state index is 1.20. The van der Waals surface area contributed by atoms with E-state index in [4.69, 9.17) is 4.79 Å². The second kappa shape index (κ2) is 4.23. The van der Waals surface area contributed by atoms with Crippen molar-refractivity contribution in [2.75, 3.05) is 0 Å². The molecule has 0 radical (unpaired) electrons. The first-order valence-electron chi connectivity index (χ1n) is 3.54. The highest BCUT2D eigenvalue weighted by Gasteiger charge is 1.86. The van der Waals surface area contributed by atoms with Crippen molar-refractivity contribution in [2.24, 2.45) is 0 Å². The number of benzene rings is 1. The number of hydrogen-bond donors (Lipinski definition) is 0. The summed E-state index contributed by atoms with van der Waals surface area (Å²) >= 11 is 0. The molecule has 0 saturated carbocycles. The van der Waals surface area contributed by atoms with Gasteiger partial charge in [0.2, 0.25) is 0 Å². The molecule has 60 valence electrons. The van der Waals surface area contributed by atoms with Gasteiger partial charge >= 0.3 is 0 Å². The third-order valence-corrected chi connectivity index (χ3v) is 1.55. The fraction of sp³-hybridized carbons (Fsp3) is 0. The van der Waals surface area contributed by atoms with Crippen LogP contribution in [0.5, 0.6) is 0 Å². The normalized spacial score (nSPS) is 8.67. The van der Waals surface area contributed by atoms with Crippen LogP contribution >= 0.6 is 0 Å². The average Bonchev–Trinajstić information content (AvgIpc) is 2.21. The van der Waals surface area contributed by atoms with Gasteiger partial charge in [-0.25, -0.2) is 0 Å². The fourth-order valence-electron chi connectivity index (χ4n) is 1.03. The maximum atomic E-state index is 8.00. The van der Waals surface area contributed by atoms with Gasteiger partial charge in [-0.1, -0.05) is 24.3 Å². The molecular weight excluding hydrogens is 150 g/mol. The van der Waals surface area contributed by atoms with Gasteiger partial charge in [0.25, 0.3) is 0 Å². The molecule has 0 spiro atoms. The van der Waals surface area contributed by atoms with Crippen LogP contribution in [-0.2, 0) is 4.79 Å². The molecule has 2 nitrogen and oxygen atoms in total. The summed E-state index contributed by atoms with van der Waals surface area (Å²) in [5.41, 5.74) is 0. The van der Waals surface area contributed by atoms with Crippen molar-refractivity contribution < 1.29 is 4.79 Å². The lowest BCUT2D eigenvalue weighted by molar-refractivity contribution is -0.0979. The summed E-state index contributed by atoms with van der Waals surface area (Å²) in [5, 5.41) is 2.45. The first-order chi connectivity index (χ1) is 5.97. The van der Waals surface area contributed by atoms with Crippen molar-refractivity contribution in [3.63, 3.8) is 0 Å². The number of nitrogens with zero attached hydrogens (tertiary/aromatic N) is 1. The molecule has 0 aliphatic carbocycles. The van der Waals surface area contributed by atoms with E-state index in [1.54, 1.807) is 0 Å². The van der Waals surface area contributed by atoms with Gasteiger partial charge < -0.3 is 4.79 Å². The van der Waals surface area contributed by atoms with E-state index >= 15 is 0 Å². The quantitative estimate of drug-likeness (QED) is 0.588. The molecule has 2 rings (SSSR count). The van der Waals surface area contributed by atoms with Crippen LogP contribution in [0.2, 0.25) is 0 Å². The van der Waals surface area contributed by atoms with Gasteiger partial charge in [0.1, 0.15) is 6.79 Å². The number of carbonyl (C=O) groups is 1. The highest BCUT2D eigenvalue weighted by Crippen LogP contribution is 2.09. The summed E-state index contributed by atoms with van der Waals surface area (Å²) in [4.78, 5) is 12.0. The van der Waals surface area contributed by atoms with Gasteiger partial charge in [-0.2, -0.15) is 0 Å². The monoisotopic (exact) mass is 159 g/mol. The van der Waals surface area contributed by atoms with E-state index in [-0.39, 0.29) is 0 Å². The molecule has 0 N–H and O–H groups in total. The Balaban J connectivity index is 0.000000336. The number of carbonyl (C=O) groups excluding carboxylic acids is 1. The predicted molar refractivity (Wildman–Crippen MR) is 48.9 cm³/mol. The summed E-state index contributed by atoms with van der Waals surface area (Å²) in [6.45, 7) is 2.00. The van der Waals surface area contributed by atoms with Crippen molar-refractivity contribution in [1.29, 1.82) is 0 Å². The van der Waals surface area contributed by atoms with Crippen molar-refractivity contribution in [3.05, 3.63) is 42.7 Å². The summed E-state index contributed by atoms with van der Waals surface area (Å²) in [6.07, 6.45) is 3.68. The molecule has 1 aromatic carbocycles. The van der Waals surface area contributed by atoms with E-state index in [1.165, 1.54) is 10.8 Å². The van der Waals surface area contributed by atoms with Crippen LogP contribution in [0.25, 0.3) is 10.8 Å². The van der Waals surface area contributed by atoms with E-state index < -0.39 is 0 Å². The van der Waals surface area contributed by atoms with Gasteiger partial charge in [0, 0.05) is 12.4 Å². The summed E-state index contributed by atoms with van der Waals surface area (Å²) < 4.78 is 0. The van der Waals surface area contributed by atoms with Crippen LogP contribution in [0.4, 0.5) is 0 Å². The molecule has 1 heterocycles. The number of hydrogen-bond acceptors (Lipinski definition) is 2. The largest absolute Gasteiger partial charge is 0.307 e. The number of rotatable bonds is 0. The van der Waals surface area contributed by atoms with E-state index in [0.29, 0.717) is 0 Å². The molecule has 0 fully saturated rings. The molecule has 0 amide bonds. The Morgan fingerprint density at radius 2 is 1.67 bits per heavy atom. The number of pyridine rings is 1. The fourth-order valence-corrected chi connectivity index (χ4v) is 1.03. The lowest BCUT2D eigenvalue weighted by Crippen LogP contribution is -1.71. The Hall–Kier alpha value is -1.70. The predicted octanol–water partition coefficient (Wildman–Crippen LogP) is 2.05. The van der Waals surface area contributed by atoms with Crippen LogP contribution in [-0.4, -0.2) is 11.8 Å². The smallest absolute Gasteiger partial charge is 0.106 e. The molecular formula is C10H9NO. The number of aromatic nitrogens is 1. The second-order valence-electron chi connectivity index (χ2n) is 2.22. The minimum Gasteiger partial charge on any atom is -0.307 e. The van der Waals surface area contributed by atoms with Gasteiger partial charge in [-0.3, -0.25) is 4.98 Å². The Morgan fingerprint density at radius 1 is 1.00 bits per heavy atom. The summed E-state index contributed by atoms with van der Waals surface area (Å²) in [6, 6.07) is 10.2. The van der Waals surface area contributed by atoms with Gasteiger partial charge in [0.15, 0.2) is 0 Å². The molecule has 0 unspecified atom stereocenters. The maximum absolute atomic E-state index is 8.00. The molecule has 2 heteroatoms. The topological polar surface area (TPSA) is 30.0 Å². The lowest BCUT2D eigenvalue weighted by Gasteiger charge is -1.91. The Bertz CT molecular complexity index is 294. The molecule has 2 aromatic rings. The zero-order valence-corrected chi connectivity index (χ0v) is 6.60. The molecule has 1 aromatic heterocycles. The summed E-state index contributed by atoms with van der Waals surface area (Å²) in [5.74, 6) is 0. The van der Waals surface area contributed by atoms with Crippen LogP contribution < -0.4 is 0 Å².